The van der Waals surface area contributed by atoms with Crippen LogP contribution in [0.25, 0.3) is 0 Å². The summed E-state index contributed by atoms with van der Waals surface area (Å²) in [4.78, 5) is 23.1. The Morgan fingerprint density at radius 1 is 1.20 bits per heavy atom. The van der Waals surface area contributed by atoms with Gasteiger partial charge in [-0.05, 0) is 17.5 Å². The van der Waals surface area contributed by atoms with Crippen LogP contribution in [0.15, 0.2) is 41.8 Å². The molecule has 0 saturated carbocycles. The van der Waals surface area contributed by atoms with Crippen LogP contribution in [0, 0.1) is 0 Å². The number of hydrogen-bond acceptors (Lipinski definition) is 3. The van der Waals surface area contributed by atoms with E-state index in [2.05, 4.69) is 0 Å². The molecule has 0 unspecified atom stereocenters. The summed E-state index contributed by atoms with van der Waals surface area (Å²) in [5, 5.41) is 1.86. The molecule has 3 heteroatoms. The van der Waals surface area contributed by atoms with Crippen LogP contribution in [0.1, 0.15) is 25.6 Å². The Kier molecular flexibility index (Phi) is 2.74. The van der Waals surface area contributed by atoms with E-state index >= 15 is 0 Å². The molecule has 2 aromatic rings. The van der Waals surface area contributed by atoms with E-state index in [-0.39, 0.29) is 5.78 Å². The maximum atomic E-state index is 11.9. The molecule has 0 aliphatic rings. The van der Waals surface area contributed by atoms with E-state index in [4.69, 9.17) is 0 Å². The average Bonchev–Trinajstić information content (AvgIpc) is 2.81. The number of carbonyl (C=O) groups excluding carboxylic acids is 2. The Hall–Kier alpha value is -1.74. The number of hydrogen-bond donors (Lipinski definition) is 0. The van der Waals surface area contributed by atoms with E-state index in [0.717, 1.165) is 6.29 Å². The summed E-state index contributed by atoms with van der Waals surface area (Å²) in [7, 11) is 0. The van der Waals surface area contributed by atoms with Gasteiger partial charge in [-0.25, -0.2) is 0 Å². The average molecular weight is 216 g/mol. The van der Waals surface area contributed by atoms with Gasteiger partial charge in [-0.2, -0.15) is 0 Å². The van der Waals surface area contributed by atoms with Crippen LogP contribution in [0.4, 0.5) is 0 Å². The molecule has 0 bridgehead atoms. The molecule has 1 heterocycles. The van der Waals surface area contributed by atoms with Gasteiger partial charge in [-0.3, -0.25) is 9.59 Å². The van der Waals surface area contributed by atoms with Gasteiger partial charge in [0.15, 0.2) is 0 Å². The minimum Gasteiger partial charge on any atom is -0.298 e. The quantitative estimate of drug-likeness (QED) is 0.584. The third-order valence-corrected chi connectivity index (χ3v) is 2.90. The number of carbonyl (C=O) groups is 2. The summed E-state index contributed by atoms with van der Waals surface area (Å²) >= 11 is 1.40. The van der Waals surface area contributed by atoms with Crippen molar-refractivity contribution in [2.45, 2.75) is 0 Å². The first-order chi connectivity index (χ1) is 7.31. The van der Waals surface area contributed by atoms with Crippen molar-refractivity contribution in [3.05, 3.63) is 57.8 Å². The predicted octanol–water partition coefficient (Wildman–Crippen LogP) is 2.79. The van der Waals surface area contributed by atoms with Crippen molar-refractivity contribution >= 4 is 23.4 Å². The van der Waals surface area contributed by atoms with Crippen molar-refractivity contribution in [1.29, 1.82) is 0 Å². The van der Waals surface area contributed by atoms with E-state index in [9.17, 15) is 9.59 Å². The number of rotatable bonds is 3. The fourth-order valence-corrected chi connectivity index (χ4v) is 1.99. The fourth-order valence-electron chi connectivity index (χ4n) is 1.30. The van der Waals surface area contributed by atoms with Crippen LogP contribution < -0.4 is 0 Å². The number of benzene rings is 1. The normalized spacial score (nSPS) is 9.87. The molecule has 0 atom stereocenters. The van der Waals surface area contributed by atoms with Crippen LogP contribution in [0.5, 0.6) is 0 Å². The topological polar surface area (TPSA) is 34.1 Å². The lowest BCUT2D eigenvalue weighted by Crippen LogP contribution is -1.98. The first-order valence-electron chi connectivity index (χ1n) is 4.45. The van der Waals surface area contributed by atoms with E-state index in [1.807, 2.05) is 11.4 Å². The van der Waals surface area contributed by atoms with Crippen molar-refractivity contribution in [1.82, 2.24) is 0 Å². The van der Waals surface area contributed by atoms with Gasteiger partial charge in [0.05, 0.1) is 4.88 Å². The van der Waals surface area contributed by atoms with Gasteiger partial charge in [0, 0.05) is 11.1 Å². The fraction of sp³-hybridized carbons (Fsp3) is 0. The molecule has 0 fully saturated rings. The summed E-state index contributed by atoms with van der Waals surface area (Å²) in [6, 6.07) is 10.3. The second-order valence-corrected chi connectivity index (χ2v) is 4.00. The van der Waals surface area contributed by atoms with Gasteiger partial charge in [0.2, 0.25) is 5.78 Å². The predicted molar refractivity (Wildman–Crippen MR) is 59.6 cm³/mol. The molecule has 0 amide bonds. The van der Waals surface area contributed by atoms with Crippen LogP contribution in [0.2, 0.25) is 0 Å². The minimum absolute atomic E-state index is 0.0336. The lowest BCUT2D eigenvalue weighted by Gasteiger charge is -1.98. The van der Waals surface area contributed by atoms with Crippen molar-refractivity contribution in [2.75, 3.05) is 0 Å². The van der Waals surface area contributed by atoms with E-state index in [0.29, 0.717) is 16.0 Å². The number of thiophene rings is 1. The first-order valence-corrected chi connectivity index (χ1v) is 5.32. The molecular formula is C12H8O2S. The summed E-state index contributed by atoms with van der Waals surface area (Å²) in [5.41, 5.74) is 1.08. The highest BCUT2D eigenvalue weighted by atomic mass is 32.1. The lowest BCUT2D eigenvalue weighted by molar-refractivity contribution is 0.104. The Morgan fingerprint density at radius 2 is 2.07 bits per heavy atom. The maximum Gasteiger partial charge on any atom is 0.202 e. The van der Waals surface area contributed by atoms with Gasteiger partial charge in [0.1, 0.15) is 6.29 Å². The monoisotopic (exact) mass is 216 g/mol. The molecule has 74 valence electrons. The molecule has 0 aliphatic heterocycles. The van der Waals surface area contributed by atoms with Crippen molar-refractivity contribution in [2.24, 2.45) is 0 Å². The standard InChI is InChI=1S/C12H8O2S/c13-8-9-3-1-4-10(7-9)12(14)11-5-2-6-15-11/h1-8H. The zero-order valence-electron chi connectivity index (χ0n) is 7.84. The highest BCUT2D eigenvalue weighted by Crippen LogP contribution is 2.15. The van der Waals surface area contributed by atoms with E-state index in [1.54, 1.807) is 30.3 Å². The molecule has 0 aliphatic carbocycles. The third kappa shape index (κ3) is 2.02. The van der Waals surface area contributed by atoms with Gasteiger partial charge < -0.3 is 0 Å². The molecule has 1 aromatic carbocycles. The smallest absolute Gasteiger partial charge is 0.202 e. The van der Waals surface area contributed by atoms with Crippen molar-refractivity contribution in [3.63, 3.8) is 0 Å². The van der Waals surface area contributed by atoms with E-state index < -0.39 is 0 Å². The molecule has 2 nitrogen and oxygen atoms in total. The second kappa shape index (κ2) is 4.19. The summed E-state index contributed by atoms with van der Waals surface area (Å²) in [6.07, 6.45) is 0.741. The van der Waals surface area contributed by atoms with Gasteiger partial charge in [0.25, 0.3) is 0 Å². The molecule has 2 rings (SSSR count). The van der Waals surface area contributed by atoms with Gasteiger partial charge >= 0.3 is 0 Å². The van der Waals surface area contributed by atoms with Crippen LogP contribution in [-0.4, -0.2) is 12.1 Å². The highest BCUT2D eigenvalue weighted by molar-refractivity contribution is 7.12. The lowest BCUT2D eigenvalue weighted by atomic mass is 10.1. The Labute approximate surface area is 91.2 Å². The van der Waals surface area contributed by atoms with Gasteiger partial charge in [-0.15, -0.1) is 11.3 Å². The van der Waals surface area contributed by atoms with E-state index in [1.165, 1.54) is 11.3 Å². The molecule has 1 aromatic heterocycles. The van der Waals surface area contributed by atoms with Gasteiger partial charge in [-0.1, -0.05) is 24.3 Å². The Bertz CT molecular complexity index is 486. The number of ketones is 1. The molecule has 0 spiro atoms. The summed E-state index contributed by atoms with van der Waals surface area (Å²) in [5.74, 6) is -0.0336. The van der Waals surface area contributed by atoms with Crippen LogP contribution in [0.3, 0.4) is 0 Å². The zero-order chi connectivity index (χ0) is 10.7. The van der Waals surface area contributed by atoms with Crippen molar-refractivity contribution < 1.29 is 9.59 Å². The molecule has 0 radical (unpaired) electrons. The van der Waals surface area contributed by atoms with Crippen molar-refractivity contribution in [3.8, 4) is 0 Å². The zero-order valence-corrected chi connectivity index (χ0v) is 8.66. The largest absolute Gasteiger partial charge is 0.298 e. The Balaban J connectivity index is 2.38. The second-order valence-electron chi connectivity index (χ2n) is 3.05. The SMILES string of the molecule is O=Cc1cccc(C(=O)c2cccs2)c1. The molecule has 0 saturated heterocycles. The minimum atomic E-state index is -0.0336. The Morgan fingerprint density at radius 3 is 2.73 bits per heavy atom. The van der Waals surface area contributed by atoms with Crippen LogP contribution in [-0.2, 0) is 0 Å². The molecular weight excluding hydrogens is 208 g/mol. The summed E-state index contributed by atoms with van der Waals surface area (Å²) in [6.45, 7) is 0. The summed E-state index contributed by atoms with van der Waals surface area (Å²) < 4.78 is 0. The third-order valence-electron chi connectivity index (χ3n) is 2.03. The van der Waals surface area contributed by atoms with Crippen LogP contribution >= 0.6 is 11.3 Å². The first kappa shape index (κ1) is 9.80. The molecule has 0 N–H and O–H groups in total. The number of aldehydes is 1. The molecule has 15 heavy (non-hydrogen) atoms. The highest BCUT2D eigenvalue weighted by Gasteiger charge is 2.09. The maximum absolute atomic E-state index is 11.9.